The van der Waals surface area contributed by atoms with Crippen LogP contribution in [-0.4, -0.2) is 61.7 Å². The van der Waals surface area contributed by atoms with Gasteiger partial charge in [-0.3, -0.25) is 4.79 Å². The molecule has 0 aliphatic carbocycles. The second kappa shape index (κ2) is 9.42. The number of phenols is 1. The lowest BCUT2D eigenvalue weighted by Gasteiger charge is -2.23. The number of ether oxygens (including phenoxy) is 4. The number of esters is 3. The number of benzene rings is 1. The zero-order chi connectivity index (χ0) is 19.7. The summed E-state index contributed by atoms with van der Waals surface area (Å²) in [5.74, 6) is -2.72. The van der Waals surface area contributed by atoms with Gasteiger partial charge in [-0.1, -0.05) is 6.07 Å². The molecule has 2 N–H and O–H groups in total. The second-order valence-corrected chi connectivity index (χ2v) is 5.15. The molecule has 0 bridgehead atoms. The molecule has 0 spiro atoms. The number of hydrogen-bond donors (Lipinski definition) is 2. The highest BCUT2D eigenvalue weighted by molar-refractivity contribution is 5.89. The van der Waals surface area contributed by atoms with E-state index >= 15 is 0 Å². The molecule has 1 aromatic carbocycles. The molecule has 0 aromatic heterocycles. The molecule has 142 valence electrons. The van der Waals surface area contributed by atoms with Gasteiger partial charge in [-0.2, -0.15) is 0 Å². The van der Waals surface area contributed by atoms with E-state index in [9.17, 15) is 24.6 Å². The van der Waals surface area contributed by atoms with Crippen LogP contribution >= 0.6 is 0 Å². The molecular weight excluding hydrogens is 348 g/mol. The fourth-order valence-electron chi connectivity index (χ4n) is 1.88. The Hall–Kier alpha value is -3.07. The number of phenolic OH excluding ortho intramolecular Hbond substituents is 1. The summed E-state index contributed by atoms with van der Waals surface area (Å²) in [6.07, 6.45) is 1.69. The first-order valence-electron chi connectivity index (χ1n) is 7.35. The molecule has 0 amide bonds. The van der Waals surface area contributed by atoms with Gasteiger partial charge in [0, 0.05) is 6.08 Å². The zero-order valence-electron chi connectivity index (χ0n) is 14.6. The summed E-state index contributed by atoms with van der Waals surface area (Å²) in [5, 5.41) is 19.7. The topological polar surface area (TPSA) is 129 Å². The van der Waals surface area contributed by atoms with E-state index < -0.39 is 36.5 Å². The zero-order valence-corrected chi connectivity index (χ0v) is 14.6. The Kier molecular flexibility index (Phi) is 7.60. The Balaban J connectivity index is 2.76. The average molecular weight is 368 g/mol. The molecule has 0 radical (unpaired) electrons. The fraction of sp³-hybridized carbons (Fsp3) is 0.353. The van der Waals surface area contributed by atoms with Crippen LogP contribution in [0.5, 0.6) is 11.5 Å². The second-order valence-electron chi connectivity index (χ2n) is 5.15. The largest absolute Gasteiger partial charge is 0.504 e. The van der Waals surface area contributed by atoms with Crippen LogP contribution in [0.2, 0.25) is 0 Å². The Morgan fingerprint density at radius 1 is 1.15 bits per heavy atom. The van der Waals surface area contributed by atoms with Crippen LogP contribution in [0.15, 0.2) is 24.3 Å². The summed E-state index contributed by atoms with van der Waals surface area (Å²) in [4.78, 5) is 34.7. The Bertz CT molecular complexity index is 695. The molecule has 1 rings (SSSR count). The van der Waals surface area contributed by atoms with Crippen molar-refractivity contribution in [2.45, 2.75) is 12.0 Å². The average Bonchev–Trinajstić information content (AvgIpc) is 2.64. The van der Waals surface area contributed by atoms with Gasteiger partial charge in [-0.15, -0.1) is 0 Å². The molecule has 9 nitrogen and oxygen atoms in total. The van der Waals surface area contributed by atoms with Crippen LogP contribution in [0.3, 0.4) is 0 Å². The van der Waals surface area contributed by atoms with E-state index in [1.807, 2.05) is 0 Å². The first kappa shape index (κ1) is 21.0. The lowest BCUT2D eigenvalue weighted by Crippen LogP contribution is -2.46. The van der Waals surface area contributed by atoms with E-state index in [2.05, 4.69) is 9.47 Å². The fourth-order valence-corrected chi connectivity index (χ4v) is 1.88. The molecule has 0 aliphatic rings. The van der Waals surface area contributed by atoms with Crippen molar-refractivity contribution >= 4 is 24.0 Å². The van der Waals surface area contributed by atoms with Gasteiger partial charge < -0.3 is 29.2 Å². The highest BCUT2D eigenvalue weighted by Gasteiger charge is 2.41. The van der Waals surface area contributed by atoms with Crippen molar-refractivity contribution in [1.29, 1.82) is 0 Å². The molecule has 0 unspecified atom stereocenters. The van der Waals surface area contributed by atoms with Gasteiger partial charge in [-0.25, -0.2) is 9.59 Å². The molecule has 0 saturated heterocycles. The highest BCUT2D eigenvalue weighted by atomic mass is 16.6. The molecular formula is C17H20O9. The number of carbonyl (C=O) groups excluding carboxylic acids is 3. The van der Waals surface area contributed by atoms with Gasteiger partial charge in [0.1, 0.15) is 6.61 Å². The van der Waals surface area contributed by atoms with E-state index in [0.29, 0.717) is 5.56 Å². The highest BCUT2D eigenvalue weighted by Crippen LogP contribution is 2.26. The van der Waals surface area contributed by atoms with Crippen LogP contribution < -0.4 is 4.74 Å². The number of hydrogen-bond acceptors (Lipinski definition) is 9. The van der Waals surface area contributed by atoms with Gasteiger partial charge >= 0.3 is 17.9 Å². The smallest absolute Gasteiger partial charge is 0.342 e. The normalized spacial score (nSPS) is 12.9. The minimum Gasteiger partial charge on any atom is -0.504 e. The first-order valence-corrected chi connectivity index (χ1v) is 7.35. The summed E-state index contributed by atoms with van der Waals surface area (Å²) < 4.78 is 18.6. The first-order chi connectivity index (χ1) is 12.3. The molecule has 1 aromatic rings. The van der Waals surface area contributed by atoms with Crippen molar-refractivity contribution in [1.82, 2.24) is 0 Å². The lowest BCUT2D eigenvalue weighted by atomic mass is 10.0. The number of rotatable bonds is 8. The summed E-state index contributed by atoms with van der Waals surface area (Å²) in [5.41, 5.74) is -1.82. The van der Waals surface area contributed by atoms with Crippen LogP contribution in [0, 0.1) is 0 Å². The molecule has 0 saturated carbocycles. The summed E-state index contributed by atoms with van der Waals surface area (Å²) in [6, 6.07) is 4.40. The molecule has 0 aliphatic heterocycles. The number of aliphatic hydroxyl groups is 1. The predicted octanol–water partition coefficient (Wildman–Crippen LogP) is 0.424. The van der Waals surface area contributed by atoms with Gasteiger partial charge in [0.15, 0.2) is 11.5 Å². The number of methoxy groups -OCH3 is 3. The maximum Gasteiger partial charge on any atom is 0.342 e. The third kappa shape index (κ3) is 5.78. The SMILES string of the molecule is COC(=O)C[C@](O)(COC(=O)C=Cc1ccc(O)c(OC)c1)C(=O)OC. The minimum atomic E-state index is -2.35. The van der Waals surface area contributed by atoms with Gasteiger partial charge in [0.2, 0.25) is 5.60 Å². The Morgan fingerprint density at radius 3 is 2.42 bits per heavy atom. The van der Waals surface area contributed by atoms with Gasteiger partial charge in [-0.05, 0) is 23.8 Å². The summed E-state index contributed by atoms with van der Waals surface area (Å²) >= 11 is 0. The van der Waals surface area contributed by atoms with Crippen LogP contribution in [0.4, 0.5) is 0 Å². The van der Waals surface area contributed by atoms with Crippen molar-refractivity contribution in [3.8, 4) is 11.5 Å². The minimum absolute atomic E-state index is 0.0572. The summed E-state index contributed by atoms with van der Waals surface area (Å²) in [7, 11) is 3.48. The molecule has 26 heavy (non-hydrogen) atoms. The van der Waals surface area contributed by atoms with Crippen molar-refractivity contribution in [2.75, 3.05) is 27.9 Å². The Labute approximate surface area is 149 Å². The van der Waals surface area contributed by atoms with Gasteiger partial charge in [0.05, 0.1) is 27.8 Å². The van der Waals surface area contributed by atoms with E-state index in [4.69, 9.17) is 9.47 Å². The molecule has 1 atom stereocenters. The number of aromatic hydroxyl groups is 1. The third-order valence-electron chi connectivity index (χ3n) is 3.30. The van der Waals surface area contributed by atoms with Crippen LogP contribution in [0.1, 0.15) is 12.0 Å². The van der Waals surface area contributed by atoms with Crippen molar-refractivity contribution in [3.63, 3.8) is 0 Å². The maximum atomic E-state index is 11.8. The van der Waals surface area contributed by atoms with E-state index in [-0.39, 0.29) is 11.5 Å². The third-order valence-corrected chi connectivity index (χ3v) is 3.30. The lowest BCUT2D eigenvalue weighted by molar-refractivity contribution is -0.177. The molecule has 0 heterocycles. The van der Waals surface area contributed by atoms with Crippen molar-refractivity contribution in [2.24, 2.45) is 0 Å². The van der Waals surface area contributed by atoms with Crippen LogP contribution in [-0.2, 0) is 28.6 Å². The standard InChI is InChI=1S/C17H20O9/c1-23-13-8-11(4-6-12(13)18)5-7-14(19)26-10-17(22,16(21)25-3)9-15(20)24-2/h4-8,18,22H,9-10H2,1-3H3/t17-/m0/s1. The van der Waals surface area contributed by atoms with Gasteiger partial charge in [0.25, 0.3) is 0 Å². The summed E-state index contributed by atoms with van der Waals surface area (Å²) in [6.45, 7) is -0.795. The molecule has 0 fully saturated rings. The van der Waals surface area contributed by atoms with Crippen molar-refractivity contribution in [3.05, 3.63) is 29.8 Å². The van der Waals surface area contributed by atoms with Crippen molar-refractivity contribution < 1.29 is 43.5 Å². The maximum absolute atomic E-state index is 11.8. The van der Waals surface area contributed by atoms with Crippen LogP contribution in [0.25, 0.3) is 6.08 Å². The monoisotopic (exact) mass is 368 g/mol. The van der Waals surface area contributed by atoms with E-state index in [1.54, 1.807) is 0 Å². The molecule has 9 heteroatoms. The van der Waals surface area contributed by atoms with E-state index in [0.717, 1.165) is 20.3 Å². The van der Waals surface area contributed by atoms with E-state index in [1.165, 1.54) is 31.4 Å². The predicted molar refractivity (Wildman–Crippen MR) is 88.3 cm³/mol. The number of carbonyl (C=O) groups is 3. The quantitative estimate of drug-likeness (QED) is 0.381. The Morgan fingerprint density at radius 2 is 1.85 bits per heavy atom.